The van der Waals surface area contributed by atoms with Crippen LogP contribution in [0.2, 0.25) is 0 Å². The molecule has 2 rings (SSSR count). The molecule has 19 heavy (non-hydrogen) atoms. The fraction of sp³-hybridized carbons (Fsp3) is 0.500. The van der Waals surface area contributed by atoms with Crippen LogP contribution < -0.4 is 10.1 Å². The van der Waals surface area contributed by atoms with E-state index in [0.29, 0.717) is 5.75 Å². The number of halogens is 1. The summed E-state index contributed by atoms with van der Waals surface area (Å²) in [5, 5.41) is 2.91. The molecule has 5 heteroatoms. The number of amides is 2. The molecule has 0 radical (unpaired) electrons. The maximum atomic E-state index is 12.1. The zero-order valence-corrected chi connectivity index (χ0v) is 12.9. The number of urea groups is 1. The van der Waals surface area contributed by atoms with Gasteiger partial charge in [-0.1, -0.05) is 6.92 Å². The van der Waals surface area contributed by atoms with E-state index in [0.717, 1.165) is 42.0 Å². The molecule has 1 aliphatic rings. The van der Waals surface area contributed by atoms with Gasteiger partial charge in [-0.15, -0.1) is 0 Å². The van der Waals surface area contributed by atoms with Gasteiger partial charge in [-0.2, -0.15) is 0 Å². The molecule has 1 aromatic carbocycles. The summed E-state index contributed by atoms with van der Waals surface area (Å²) in [4.78, 5) is 14.0. The van der Waals surface area contributed by atoms with Crippen LogP contribution in [0.1, 0.15) is 19.8 Å². The molecule has 4 nitrogen and oxygen atoms in total. The van der Waals surface area contributed by atoms with Crippen molar-refractivity contribution in [3.63, 3.8) is 0 Å². The maximum Gasteiger partial charge on any atom is 0.321 e. The summed E-state index contributed by atoms with van der Waals surface area (Å²) >= 11 is 3.39. The Kier molecular flexibility index (Phi) is 4.69. The number of anilines is 1. The Morgan fingerprint density at radius 1 is 1.42 bits per heavy atom. The van der Waals surface area contributed by atoms with Gasteiger partial charge < -0.3 is 15.0 Å². The van der Waals surface area contributed by atoms with Crippen molar-refractivity contribution in [2.75, 3.05) is 25.5 Å². The number of nitrogens with zero attached hydrogens (tertiary/aromatic N) is 1. The Balaban J connectivity index is 1.98. The first-order chi connectivity index (χ1) is 9.10. The van der Waals surface area contributed by atoms with Crippen molar-refractivity contribution >= 4 is 27.6 Å². The van der Waals surface area contributed by atoms with E-state index >= 15 is 0 Å². The Bertz CT molecular complexity index is 457. The second kappa shape index (κ2) is 6.28. The van der Waals surface area contributed by atoms with Gasteiger partial charge in [-0.3, -0.25) is 0 Å². The normalized spacial score (nSPS) is 16.3. The average molecular weight is 327 g/mol. The number of hydrogen-bond donors (Lipinski definition) is 1. The van der Waals surface area contributed by atoms with E-state index in [1.54, 1.807) is 7.11 Å². The van der Waals surface area contributed by atoms with Crippen LogP contribution in [0.5, 0.6) is 5.75 Å². The average Bonchev–Trinajstić information content (AvgIpc) is 2.41. The lowest BCUT2D eigenvalue weighted by atomic mass is 10.00. The smallest absolute Gasteiger partial charge is 0.321 e. The predicted molar refractivity (Wildman–Crippen MR) is 79.7 cm³/mol. The van der Waals surface area contributed by atoms with E-state index in [1.807, 2.05) is 23.1 Å². The van der Waals surface area contributed by atoms with Gasteiger partial charge in [0.15, 0.2) is 0 Å². The molecule has 104 valence electrons. The van der Waals surface area contributed by atoms with Crippen molar-refractivity contribution in [3.05, 3.63) is 22.7 Å². The van der Waals surface area contributed by atoms with E-state index in [9.17, 15) is 4.79 Å². The van der Waals surface area contributed by atoms with Crippen LogP contribution >= 0.6 is 15.9 Å². The third kappa shape index (κ3) is 3.62. The molecular formula is C14H19BrN2O2. The third-order valence-electron chi connectivity index (χ3n) is 3.47. The van der Waals surface area contributed by atoms with Crippen LogP contribution in [0.3, 0.4) is 0 Å². The highest BCUT2D eigenvalue weighted by Crippen LogP contribution is 2.28. The van der Waals surface area contributed by atoms with Gasteiger partial charge in [0.05, 0.1) is 11.6 Å². The first kappa shape index (κ1) is 14.2. The molecule has 2 amide bonds. The fourth-order valence-corrected chi connectivity index (χ4v) is 2.56. The van der Waals surface area contributed by atoms with E-state index in [-0.39, 0.29) is 6.03 Å². The zero-order valence-electron chi connectivity index (χ0n) is 11.3. The van der Waals surface area contributed by atoms with Gasteiger partial charge in [0.25, 0.3) is 0 Å². The standard InChI is InChI=1S/C14H19BrN2O2/c1-10-5-7-17(8-6-10)14(18)16-11-3-4-12(15)13(9-11)19-2/h3-4,9-10H,5-8H2,1-2H3,(H,16,18). The lowest BCUT2D eigenvalue weighted by Gasteiger charge is -2.30. The molecule has 0 unspecified atom stereocenters. The summed E-state index contributed by atoms with van der Waals surface area (Å²) < 4.78 is 6.09. The van der Waals surface area contributed by atoms with Crippen molar-refractivity contribution in [3.8, 4) is 5.75 Å². The fourth-order valence-electron chi connectivity index (χ4n) is 2.15. The number of benzene rings is 1. The van der Waals surface area contributed by atoms with E-state index in [1.165, 1.54) is 0 Å². The Morgan fingerprint density at radius 3 is 2.74 bits per heavy atom. The molecule has 1 aromatic rings. The number of piperidine rings is 1. The van der Waals surface area contributed by atoms with E-state index in [2.05, 4.69) is 28.2 Å². The van der Waals surface area contributed by atoms with Crippen molar-refractivity contribution < 1.29 is 9.53 Å². The molecule has 1 N–H and O–H groups in total. The summed E-state index contributed by atoms with van der Waals surface area (Å²) in [5.41, 5.74) is 0.753. The van der Waals surface area contributed by atoms with Crippen LogP contribution in [-0.2, 0) is 0 Å². The van der Waals surface area contributed by atoms with Gasteiger partial charge in [-0.05, 0) is 46.8 Å². The first-order valence-electron chi connectivity index (χ1n) is 6.49. The summed E-state index contributed by atoms with van der Waals surface area (Å²) in [6, 6.07) is 5.51. The highest BCUT2D eigenvalue weighted by Gasteiger charge is 2.20. The topological polar surface area (TPSA) is 41.6 Å². The van der Waals surface area contributed by atoms with Gasteiger partial charge >= 0.3 is 6.03 Å². The summed E-state index contributed by atoms with van der Waals surface area (Å²) in [6.45, 7) is 3.90. The van der Waals surface area contributed by atoms with Crippen LogP contribution in [-0.4, -0.2) is 31.1 Å². The molecule has 0 spiro atoms. The molecule has 0 saturated carbocycles. The van der Waals surface area contributed by atoms with Crippen LogP contribution in [0, 0.1) is 5.92 Å². The molecule has 1 heterocycles. The molecule has 0 aromatic heterocycles. The number of methoxy groups -OCH3 is 1. The van der Waals surface area contributed by atoms with E-state index < -0.39 is 0 Å². The summed E-state index contributed by atoms with van der Waals surface area (Å²) in [7, 11) is 1.61. The van der Waals surface area contributed by atoms with Crippen molar-refractivity contribution in [1.82, 2.24) is 4.90 Å². The molecule has 1 saturated heterocycles. The number of carbonyl (C=O) groups excluding carboxylic acids is 1. The maximum absolute atomic E-state index is 12.1. The quantitative estimate of drug-likeness (QED) is 0.899. The lowest BCUT2D eigenvalue weighted by Crippen LogP contribution is -2.40. The molecular weight excluding hydrogens is 308 g/mol. The minimum absolute atomic E-state index is 0.0312. The van der Waals surface area contributed by atoms with Crippen molar-refractivity contribution in [2.45, 2.75) is 19.8 Å². The first-order valence-corrected chi connectivity index (χ1v) is 7.29. The number of likely N-dealkylation sites (tertiary alicyclic amines) is 1. The SMILES string of the molecule is COc1cc(NC(=O)N2CCC(C)CC2)ccc1Br. The number of rotatable bonds is 2. The number of nitrogens with one attached hydrogen (secondary N) is 1. The van der Waals surface area contributed by atoms with Gasteiger partial charge in [0.2, 0.25) is 0 Å². The second-order valence-corrected chi connectivity index (χ2v) is 5.80. The monoisotopic (exact) mass is 326 g/mol. The number of carbonyl (C=O) groups is 1. The molecule has 0 bridgehead atoms. The molecule has 1 aliphatic heterocycles. The Hall–Kier alpha value is -1.23. The van der Waals surface area contributed by atoms with Crippen LogP contribution in [0.25, 0.3) is 0 Å². The third-order valence-corrected chi connectivity index (χ3v) is 4.13. The van der Waals surface area contributed by atoms with Crippen LogP contribution in [0.15, 0.2) is 22.7 Å². The van der Waals surface area contributed by atoms with Gasteiger partial charge in [0, 0.05) is 24.8 Å². The molecule has 1 fully saturated rings. The highest BCUT2D eigenvalue weighted by atomic mass is 79.9. The second-order valence-electron chi connectivity index (χ2n) is 4.95. The lowest BCUT2D eigenvalue weighted by molar-refractivity contribution is 0.186. The summed E-state index contributed by atoms with van der Waals surface area (Å²) in [6.07, 6.45) is 2.16. The van der Waals surface area contributed by atoms with Crippen molar-refractivity contribution in [1.29, 1.82) is 0 Å². The van der Waals surface area contributed by atoms with Crippen molar-refractivity contribution in [2.24, 2.45) is 5.92 Å². The predicted octanol–water partition coefficient (Wildman–Crippen LogP) is 3.72. The molecule has 0 aliphatic carbocycles. The minimum Gasteiger partial charge on any atom is -0.495 e. The largest absolute Gasteiger partial charge is 0.495 e. The highest BCUT2D eigenvalue weighted by molar-refractivity contribution is 9.10. The Morgan fingerprint density at radius 2 is 2.11 bits per heavy atom. The van der Waals surface area contributed by atoms with Gasteiger partial charge in [0.1, 0.15) is 5.75 Å². The Labute approximate surface area is 122 Å². The minimum atomic E-state index is -0.0312. The zero-order chi connectivity index (χ0) is 13.8. The van der Waals surface area contributed by atoms with Crippen LogP contribution in [0.4, 0.5) is 10.5 Å². The van der Waals surface area contributed by atoms with Gasteiger partial charge in [-0.25, -0.2) is 4.79 Å². The number of hydrogen-bond acceptors (Lipinski definition) is 2. The van der Waals surface area contributed by atoms with E-state index in [4.69, 9.17) is 4.74 Å². The molecule has 0 atom stereocenters. The summed E-state index contributed by atoms with van der Waals surface area (Å²) in [5.74, 6) is 1.43. The number of ether oxygens (including phenoxy) is 1.